The topological polar surface area (TPSA) is 65.0 Å². The Morgan fingerprint density at radius 3 is 2.50 bits per heavy atom. The summed E-state index contributed by atoms with van der Waals surface area (Å²) < 4.78 is 16.2. The minimum Gasteiger partial charge on any atom is -0.478 e. The lowest BCUT2D eigenvalue weighted by atomic mass is 9.84. The monoisotopic (exact) mass is 388 g/mol. The van der Waals surface area contributed by atoms with Gasteiger partial charge >= 0.3 is 5.97 Å². The summed E-state index contributed by atoms with van der Waals surface area (Å²) in [6, 6.07) is 6.11. The van der Waals surface area contributed by atoms with Crippen LogP contribution in [0.4, 0.5) is 0 Å². The highest BCUT2D eigenvalue weighted by molar-refractivity contribution is 5.81. The van der Waals surface area contributed by atoms with Gasteiger partial charge in [-0.2, -0.15) is 0 Å². The molecule has 0 fully saturated rings. The van der Waals surface area contributed by atoms with Gasteiger partial charge in [-0.3, -0.25) is 0 Å². The van der Waals surface area contributed by atoms with Crippen molar-refractivity contribution in [3.63, 3.8) is 0 Å². The average Bonchev–Trinajstić information content (AvgIpc) is 2.60. The molecule has 1 aromatic carbocycles. The lowest BCUT2D eigenvalue weighted by Crippen LogP contribution is -2.15. The summed E-state index contributed by atoms with van der Waals surface area (Å²) >= 11 is 0. The first-order chi connectivity index (χ1) is 13.1. The third-order valence-corrected chi connectivity index (χ3v) is 4.03. The molecule has 1 rings (SSSR count). The van der Waals surface area contributed by atoms with Crippen LogP contribution in [-0.4, -0.2) is 38.2 Å². The molecule has 0 heterocycles. The van der Waals surface area contributed by atoms with E-state index in [1.165, 1.54) is 6.08 Å². The van der Waals surface area contributed by atoms with E-state index in [0.29, 0.717) is 18.8 Å². The van der Waals surface area contributed by atoms with Gasteiger partial charge in [0.15, 0.2) is 6.79 Å². The first kappa shape index (κ1) is 23.7. The van der Waals surface area contributed by atoms with Crippen molar-refractivity contribution in [2.24, 2.45) is 0 Å². The molecule has 5 nitrogen and oxygen atoms in total. The number of methoxy groups -OCH3 is 1. The molecule has 1 N–H and O–H groups in total. The van der Waals surface area contributed by atoms with E-state index in [4.69, 9.17) is 19.3 Å². The predicted molar refractivity (Wildman–Crippen MR) is 113 cm³/mol. The molecule has 0 amide bonds. The van der Waals surface area contributed by atoms with Crippen LogP contribution in [0.3, 0.4) is 0 Å². The fourth-order valence-electron chi connectivity index (χ4n) is 2.48. The van der Waals surface area contributed by atoms with Crippen LogP contribution in [-0.2, 0) is 19.7 Å². The van der Waals surface area contributed by atoms with E-state index in [2.05, 4.69) is 26.8 Å². The molecule has 0 aliphatic rings. The summed E-state index contributed by atoms with van der Waals surface area (Å²) in [6.45, 7) is 11.4. The number of carboxylic acids is 1. The summed E-state index contributed by atoms with van der Waals surface area (Å²) in [6.07, 6.45) is 6.78. The average molecular weight is 389 g/mol. The lowest BCUT2D eigenvalue weighted by Gasteiger charge is -2.24. The van der Waals surface area contributed by atoms with Gasteiger partial charge in [0.1, 0.15) is 5.75 Å². The first-order valence-corrected chi connectivity index (χ1v) is 9.25. The Morgan fingerprint density at radius 2 is 1.89 bits per heavy atom. The van der Waals surface area contributed by atoms with E-state index < -0.39 is 5.97 Å². The lowest BCUT2D eigenvalue weighted by molar-refractivity contribution is -0.131. The van der Waals surface area contributed by atoms with Crippen LogP contribution in [0, 0.1) is 0 Å². The predicted octanol–water partition coefficient (Wildman–Crippen LogP) is 4.97. The van der Waals surface area contributed by atoms with Crippen molar-refractivity contribution in [3.05, 3.63) is 59.2 Å². The van der Waals surface area contributed by atoms with E-state index >= 15 is 0 Å². The second-order valence-electron chi connectivity index (χ2n) is 7.56. The Morgan fingerprint density at radius 1 is 1.18 bits per heavy atom. The number of hydrogen-bond acceptors (Lipinski definition) is 4. The molecule has 0 aliphatic heterocycles. The van der Waals surface area contributed by atoms with Crippen LogP contribution in [0.1, 0.15) is 45.7 Å². The van der Waals surface area contributed by atoms with Gasteiger partial charge in [0.2, 0.25) is 0 Å². The normalized spacial score (nSPS) is 13.2. The largest absolute Gasteiger partial charge is 0.478 e. The summed E-state index contributed by atoms with van der Waals surface area (Å²) in [5.41, 5.74) is 3.85. The molecule has 28 heavy (non-hydrogen) atoms. The van der Waals surface area contributed by atoms with Crippen LogP contribution in [0.25, 0.3) is 5.57 Å². The summed E-state index contributed by atoms with van der Waals surface area (Å²) in [5, 5.41) is 8.75. The number of benzene rings is 1. The molecule has 0 unspecified atom stereocenters. The second-order valence-corrected chi connectivity index (χ2v) is 7.56. The molecular weight excluding hydrogens is 356 g/mol. The van der Waals surface area contributed by atoms with Gasteiger partial charge in [-0.25, -0.2) is 4.79 Å². The highest BCUT2D eigenvalue weighted by atomic mass is 16.7. The molecule has 0 atom stereocenters. The Kier molecular flexibility index (Phi) is 9.69. The molecule has 0 spiro atoms. The quantitative estimate of drug-likeness (QED) is 0.265. The van der Waals surface area contributed by atoms with E-state index in [0.717, 1.165) is 22.4 Å². The fourth-order valence-corrected chi connectivity index (χ4v) is 2.48. The van der Waals surface area contributed by atoms with Crippen molar-refractivity contribution < 1.29 is 24.1 Å². The highest BCUT2D eigenvalue weighted by Crippen LogP contribution is 2.34. The van der Waals surface area contributed by atoms with E-state index in [-0.39, 0.29) is 12.2 Å². The number of aliphatic carboxylic acids is 1. The molecule has 1 aromatic rings. The maximum Gasteiger partial charge on any atom is 0.328 e. The van der Waals surface area contributed by atoms with E-state index in [9.17, 15) is 4.79 Å². The Bertz CT molecular complexity index is 736. The van der Waals surface area contributed by atoms with Crippen molar-refractivity contribution in [2.75, 3.05) is 27.1 Å². The fraction of sp³-hybridized carbons (Fsp3) is 0.435. The zero-order valence-corrected chi connectivity index (χ0v) is 17.7. The van der Waals surface area contributed by atoms with Crippen LogP contribution < -0.4 is 4.74 Å². The first-order valence-electron chi connectivity index (χ1n) is 9.25. The third kappa shape index (κ3) is 8.55. The zero-order chi connectivity index (χ0) is 21.2. The molecule has 0 aromatic heterocycles. The number of ether oxygens (including phenoxy) is 3. The number of carboxylic acid groups (broad SMARTS) is 1. The molecule has 0 saturated heterocycles. The molecule has 5 heteroatoms. The summed E-state index contributed by atoms with van der Waals surface area (Å²) in [4.78, 5) is 10.7. The van der Waals surface area contributed by atoms with E-state index in [1.54, 1.807) is 20.1 Å². The Balaban J connectivity index is 2.97. The zero-order valence-electron chi connectivity index (χ0n) is 17.7. The van der Waals surface area contributed by atoms with Gasteiger partial charge in [0.05, 0.1) is 13.2 Å². The van der Waals surface area contributed by atoms with Gasteiger partial charge in [-0.1, -0.05) is 45.1 Å². The van der Waals surface area contributed by atoms with Crippen LogP contribution >= 0.6 is 0 Å². The van der Waals surface area contributed by atoms with Crippen LogP contribution in [0.15, 0.2) is 48.1 Å². The highest BCUT2D eigenvalue weighted by Gasteiger charge is 2.20. The maximum atomic E-state index is 10.7. The van der Waals surface area contributed by atoms with Crippen molar-refractivity contribution in [2.45, 2.75) is 40.0 Å². The third-order valence-electron chi connectivity index (χ3n) is 4.03. The van der Waals surface area contributed by atoms with Gasteiger partial charge in [-0.05, 0) is 48.1 Å². The van der Waals surface area contributed by atoms with Crippen molar-refractivity contribution in [3.8, 4) is 5.75 Å². The van der Waals surface area contributed by atoms with Crippen LogP contribution in [0.2, 0.25) is 0 Å². The van der Waals surface area contributed by atoms with Crippen molar-refractivity contribution in [1.29, 1.82) is 0 Å². The number of rotatable bonds is 10. The minimum atomic E-state index is -0.945. The SMILES string of the molecule is COCCOCOc1ccc(C(C)=CC=CC(C)=CC(=O)O)cc1C(C)(C)C. The number of hydrogen-bond donors (Lipinski definition) is 1. The second kappa shape index (κ2) is 11.5. The summed E-state index contributed by atoms with van der Waals surface area (Å²) in [7, 11) is 1.63. The minimum absolute atomic E-state index is 0.0885. The Labute approximate surface area is 168 Å². The van der Waals surface area contributed by atoms with Gasteiger partial charge in [0.25, 0.3) is 0 Å². The summed E-state index contributed by atoms with van der Waals surface area (Å²) in [5.74, 6) is -0.142. The number of carbonyl (C=O) groups is 1. The molecule has 154 valence electrons. The Hall–Kier alpha value is -2.37. The number of allylic oxidation sites excluding steroid dienone is 5. The molecular formula is C23H32O5. The van der Waals surface area contributed by atoms with Crippen molar-refractivity contribution >= 4 is 11.5 Å². The van der Waals surface area contributed by atoms with Gasteiger partial charge in [0, 0.05) is 18.7 Å². The molecule has 0 saturated carbocycles. The maximum absolute atomic E-state index is 10.7. The smallest absolute Gasteiger partial charge is 0.328 e. The van der Waals surface area contributed by atoms with Crippen LogP contribution in [0.5, 0.6) is 5.75 Å². The van der Waals surface area contributed by atoms with Gasteiger partial charge in [-0.15, -0.1) is 0 Å². The molecule has 0 radical (unpaired) electrons. The van der Waals surface area contributed by atoms with Gasteiger partial charge < -0.3 is 19.3 Å². The molecule has 0 aliphatic carbocycles. The standard InChI is InChI=1S/C23H32O5/c1-17(14-22(24)25)8-7-9-18(2)19-10-11-21(20(15-19)23(3,4)5)28-16-27-13-12-26-6/h7-11,14-15H,12-13,16H2,1-6H3,(H,24,25). The molecule has 0 bridgehead atoms. The van der Waals surface area contributed by atoms with Crippen molar-refractivity contribution in [1.82, 2.24) is 0 Å². The van der Waals surface area contributed by atoms with E-state index in [1.807, 2.05) is 31.2 Å².